The Hall–Kier alpha value is -0.240. The summed E-state index contributed by atoms with van der Waals surface area (Å²) in [5.41, 5.74) is 0. The molecule has 1 aliphatic rings. The van der Waals surface area contributed by atoms with Crippen LogP contribution in [0.2, 0.25) is 0 Å². The van der Waals surface area contributed by atoms with Crippen LogP contribution in [0.4, 0.5) is 0 Å². The predicted molar refractivity (Wildman–Crippen MR) is 66.1 cm³/mol. The molecule has 1 heterocycles. The molecule has 1 fully saturated rings. The highest BCUT2D eigenvalue weighted by Crippen LogP contribution is 2.11. The Morgan fingerprint density at radius 1 is 1.33 bits per heavy atom. The Morgan fingerprint density at radius 2 is 2.00 bits per heavy atom. The third-order valence-corrected chi connectivity index (χ3v) is 3.80. The molecule has 0 amide bonds. The van der Waals surface area contributed by atoms with Gasteiger partial charge in [0.15, 0.2) is 0 Å². The lowest BCUT2D eigenvalue weighted by atomic mass is 10.2. The van der Waals surface area contributed by atoms with Crippen LogP contribution < -0.4 is 0 Å². The molecule has 0 bridgehead atoms. The van der Waals surface area contributed by atoms with Gasteiger partial charge in [0.2, 0.25) is 0 Å². The van der Waals surface area contributed by atoms with Crippen molar-refractivity contribution in [2.45, 2.75) is 19.4 Å². The smallest absolute Gasteiger partial charge is 0.0986 e. The molecule has 0 aromatic carbocycles. The predicted octanol–water partition coefficient (Wildman–Crippen LogP) is 1.27. The summed E-state index contributed by atoms with van der Waals surface area (Å²) in [4.78, 5) is 4.65. The van der Waals surface area contributed by atoms with Crippen LogP contribution in [-0.2, 0) is 0 Å². The van der Waals surface area contributed by atoms with Crippen LogP contribution in [0.3, 0.4) is 0 Å². The molecule has 0 radical (unpaired) electrons. The topological polar surface area (TPSA) is 30.3 Å². The highest BCUT2D eigenvalue weighted by molar-refractivity contribution is 7.99. The van der Waals surface area contributed by atoms with E-state index in [-0.39, 0.29) is 6.04 Å². The zero-order chi connectivity index (χ0) is 11.1. The Balaban J connectivity index is 2.28. The largest absolute Gasteiger partial charge is 0.304 e. The van der Waals surface area contributed by atoms with E-state index >= 15 is 0 Å². The zero-order valence-corrected chi connectivity index (χ0v) is 10.6. The van der Waals surface area contributed by atoms with Crippen LogP contribution in [0.5, 0.6) is 0 Å². The van der Waals surface area contributed by atoms with E-state index in [4.69, 9.17) is 5.26 Å². The highest BCUT2D eigenvalue weighted by atomic mass is 32.2. The van der Waals surface area contributed by atoms with Gasteiger partial charge < -0.3 is 4.90 Å². The molecule has 3 nitrogen and oxygen atoms in total. The van der Waals surface area contributed by atoms with Crippen molar-refractivity contribution in [2.24, 2.45) is 0 Å². The third kappa shape index (κ3) is 4.42. The number of piperazine rings is 1. The second-order valence-electron chi connectivity index (χ2n) is 3.97. The molecule has 1 rings (SSSR count). The van der Waals surface area contributed by atoms with E-state index in [1.165, 1.54) is 0 Å². The summed E-state index contributed by atoms with van der Waals surface area (Å²) < 4.78 is 0. The average molecular weight is 227 g/mol. The van der Waals surface area contributed by atoms with Crippen LogP contribution in [-0.4, -0.2) is 60.6 Å². The number of likely N-dealkylation sites (N-methyl/N-ethyl adjacent to an activating group) is 1. The van der Waals surface area contributed by atoms with Crippen molar-refractivity contribution in [1.29, 1.82) is 5.26 Å². The molecule has 0 aliphatic carbocycles. The van der Waals surface area contributed by atoms with Gasteiger partial charge in [-0.3, -0.25) is 4.90 Å². The van der Waals surface area contributed by atoms with Crippen molar-refractivity contribution in [3.63, 3.8) is 0 Å². The molecule has 0 N–H and O–H groups in total. The molecule has 86 valence electrons. The molecule has 15 heavy (non-hydrogen) atoms. The molecular formula is C11H21N3S. The summed E-state index contributed by atoms with van der Waals surface area (Å²) in [6.07, 6.45) is 1.01. The van der Waals surface area contributed by atoms with E-state index in [1.807, 2.05) is 11.8 Å². The maximum atomic E-state index is 9.13. The minimum atomic E-state index is 0.137. The maximum Gasteiger partial charge on any atom is 0.0986 e. The lowest BCUT2D eigenvalue weighted by Crippen LogP contribution is -2.48. The van der Waals surface area contributed by atoms with Gasteiger partial charge in [-0.25, -0.2) is 0 Å². The van der Waals surface area contributed by atoms with Crippen molar-refractivity contribution in [3.8, 4) is 6.07 Å². The number of hydrogen-bond acceptors (Lipinski definition) is 4. The van der Waals surface area contributed by atoms with Gasteiger partial charge in [-0.15, -0.1) is 0 Å². The van der Waals surface area contributed by atoms with E-state index < -0.39 is 0 Å². The molecule has 0 spiro atoms. The summed E-state index contributed by atoms with van der Waals surface area (Å²) >= 11 is 1.93. The second kappa shape index (κ2) is 7.10. The summed E-state index contributed by atoms with van der Waals surface area (Å²) in [5, 5.41) is 9.13. The normalized spacial score (nSPS) is 21.1. The van der Waals surface area contributed by atoms with Crippen LogP contribution in [0.25, 0.3) is 0 Å². The number of rotatable bonds is 5. The lowest BCUT2D eigenvalue weighted by molar-refractivity contribution is 0.131. The Labute approximate surface area is 97.4 Å². The first-order valence-corrected chi connectivity index (χ1v) is 6.83. The number of nitriles is 1. The molecule has 4 heteroatoms. The van der Waals surface area contributed by atoms with E-state index in [0.29, 0.717) is 0 Å². The molecule has 1 saturated heterocycles. The quantitative estimate of drug-likeness (QED) is 0.662. The molecule has 0 saturated carbocycles. The van der Waals surface area contributed by atoms with E-state index in [1.54, 1.807) is 0 Å². The molecular weight excluding hydrogens is 206 g/mol. The first-order valence-electron chi connectivity index (χ1n) is 5.68. The van der Waals surface area contributed by atoms with Gasteiger partial charge in [0.1, 0.15) is 0 Å². The summed E-state index contributed by atoms with van der Waals surface area (Å²) in [7, 11) is 2.14. The van der Waals surface area contributed by atoms with Crippen molar-refractivity contribution in [2.75, 3.05) is 44.7 Å². The average Bonchev–Trinajstić information content (AvgIpc) is 2.26. The fraction of sp³-hybridized carbons (Fsp3) is 0.909. The van der Waals surface area contributed by atoms with Gasteiger partial charge in [0.05, 0.1) is 12.1 Å². The fourth-order valence-electron chi connectivity index (χ4n) is 1.80. The van der Waals surface area contributed by atoms with Crippen LogP contribution in [0.1, 0.15) is 13.3 Å². The maximum absolute atomic E-state index is 9.13. The third-order valence-electron chi connectivity index (χ3n) is 2.87. The Bertz CT molecular complexity index is 206. The summed E-state index contributed by atoms with van der Waals surface area (Å²) in [5.74, 6) is 2.27. The van der Waals surface area contributed by atoms with Crippen molar-refractivity contribution in [1.82, 2.24) is 9.80 Å². The van der Waals surface area contributed by atoms with Gasteiger partial charge in [0, 0.05) is 26.2 Å². The molecule has 1 atom stereocenters. The minimum absolute atomic E-state index is 0.137. The zero-order valence-electron chi connectivity index (χ0n) is 9.78. The van der Waals surface area contributed by atoms with E-state index in [2.05, 4.69) is 29.8 Å². The van der Waals surface area contributed by atoms with Crippen LogP contribution in [0, 0.1) is 11.3 Å². The van der Waals surface area contributed by atoms with Crippen molar-refractivity contribution < 1.29 is 0 Å². The monoisotopic (exact) mass is 227 g/mol. The summed E-state index contributed by atoms with van der Waals surface area (Å²) in [6, 6.07) is 2.58. The molecule has 0 aromatic heterocycles. The lowest BCUT2D eigenvalue weighted by Gasteiger charge is -2.35. The Kier molecular flexibility index (Phi) is 6.07. The summed E-state index contributed by atoms with van der Waals surface area (Å²) in [6.45, 7) is 6.46. The van der Waals surface area contributed by atoms with Crippen LogP contribution >= 0.6 is 11.8 Å². The molecule has 0 aromatic rings. The highest BCUT2D eigenvalue weighted by Gasteiger charge is 2.21. The van der Waals surface area contributed by atoms with Crippen molar-refractivity contribution >= 4 is 11.8 Å². The number of nitrogens with zero attached hydrogens (tertiary/aromatic N) is 3. The minimum Gasteiger partial charge on any atom is -0.304 e. The van der Waals surface area contributed by atoms with Gasteiger partial charge in [-0.05, 0) is 25.0 Å². The number of thioether (sulfide) groups is 1. The standard InChI is InChI=1S/C11H21N3S/c1-3-15-9-4-11(10-12)14-7-5-13(2)6-8-14/h11H,3-9H2,1-2H3. The molecule has 1 aliphatic heterocycles. The van der Waals surface area contributed by atoms with Gasteiger partial charge in [-0.1, -0.05) is 6.92 Å². The fourth-order valence-corrected chi connectivity index (χ4v) is 2.48. The van der Waals surface area contributed by atoms with E-state index in [0.717, 1.165) is 44.1 Å². The second-order valence-corrected chi connectivity index (χ2v) is 5.36. The Morgan fingerprint density at radius 3 is 2.53 bits per heavy atom. The number of hydrogen-bond donors (Lipinski definition) is 0. The first-order chi connectivity index (χ1) is 7.27. The van der Waals surface area contributed by atoms with Gasteiger partial charge in [0.25, 0.3) is 0 Å². The first kappa shape index (κ1) is 12.8. The SMILES string of the molecule is CCSCCC(C#N)N1CCN(C)CC1. The van der Waals surface area contributed by atoms with Gasteiger partial charge in [-0.2, -0.15) is 17.0 Å². The van der Waals surface area contributed by atoms with Gasteiger partial charge >= 0.3 is 0 Å². The van der Waals surface area contributed by atoms with E-state index in [9.17, 15) is 0 Å². The van der Waals surface area contributed by atoms with Crippen molar-refractivity contribution in [3.05, 3.63) is 0 Å². The van der Waals surface area contributed by atoms with Crippen LogP contribution in [0.15, 0.2) is 0 Å². The molecule has 1 unspecified atom stereocenters.